The number of methoxy groups -OCH3 is 1. The lowest BCUT2D eigenvalue weighted by Gasteiger charge is -2.36. The quantitative estimate of drug-likeness (QED) is 0.737. The Labute approximate surface area is 143 Å². The van der Waals surface area contributed by atoms with Crippen LogP contribution in [0, 0.1) is 0 Å². The molecular formula is C16H26N6O2. The standard InChI is InChI=1S/C16H26N6O2/c1-19-3-5-20(6-4-19)14-11-15(18-13-17-14)21-7-9-22(10-8-21)16(23)12-24-2/h11,13H,3-10,12H2,1-2H3. The van der Waals surface area contributed by atoms with Gasteiger partial charge in [0.05, 0.1) is 0 Å². The summed E-state index contributed by atoms with van der Waals surface area (Å²) >= 11 is 0. The Morgan fingerprint density at radius 3 is 2.08 bits per heavy atom. The zero-order valence-corrected chi connectivity index (χ0v) is 14.5. The molecule has 0 radical (unpaired) electrons. The average molecular weight is 334 g/mol. The molecule has 132 valence electrons. The van der Waals surface area contributed by atoms with Crippen molar-refractivity contribution in [1.29, 1.82) is 0 Å². The van der Waals surface area contributed by atoms with Gasteiger partial charge < -0.3 is 24.3 Å². The lowest BCUT2D eigenvalue weighted by Crippen LogP contribution is -2.50. The molecule has 24 heavy (non-hydrogen) atoms. The van der Waals surface area contributed by atoms with E-state index in [0.717, 1.165) is 50.9 Å². The average Bonchev–Trinajstić information content (AvgIpc) is 2.63. The van der Waals surface area contributed by atoms with Crippen molar-refractivity contribution in [3.8, 4) is 0 Å². The van der Waals surface area contributed by atoms with Crippen LogP contribution in [0.3, 0.4) is 0 Å². The highest BCUT2D eigenvalue weighted by molar-refractivity contribution is 5.77. The van der Waals surface area contributed by atoms with Crippen LogP contribution in [-0.2, 0) is 9.53 Å². The van der Waals surface area contributed by atoms with E-state index in [1.54, 1.807) is 13.4 Å². The van der Waals surface area contributed by atoms with E-state index >= 15 is 0 Å². The Bertz CT molecular complexity index is 553. The smallest absolute Gasteiger partial charge is 0.248 e. The van der Waals surface area contributed by atoms with Gasteiger partial charge in [-0.1, -0.05) is 0 Å². The molecule has 0 spiro atoms. The lowest BCUT2D eigenvalue weighted by atomic mass is 10.3. The van der Waals surface area contributed by atoms with Crippen LogP contribution in [0.5, 0.6) is 0 Å². The number of likely N-dealkylation sites (N-methyl/N-ethyl adjacent to an activating group) is 1. The Balaban J connectivity index is 1.60. The summed E-state index contributed by atoms with van der Waals surface area (Å²) in [7, 11) is 3.70. The minimum atomic E-state index is 0.0537. The number of anilines is 2. The van der Waals surface area contributed by atoms with Gasteiger partial charge in [0, 0.05) is 65.5 Å². The summed E-state index contributed by atoms with van der Waals surface area (Å²) in [6, 6.07) is 2.07. The van der Waals surface area contributed by atoms with Crippen LogP contribution in [0.2, 0.25) is 0 Å². The Morgan fingerprint density at radius 2 is 1.54 bits per heavy atom. The maximum atomic E-state index is 11.9. The van der Waals surface area contributed by atoms with Crippen LogP contribution in [0.25, 0.3) is 0 Å². The first kappa shape index (κ1) is 16.9. The molecule has 3 heterocycles. The molecule has 0 N–H and O–H groups in total. The lowest BCUT2D eigenvalue weighted by molar-refractivity contribution is -0.135. The number of rotatable bonds is 4. The molecule has 1 aromatic rings. The van der Waals surface area contributed by atoms with Crippen molar-refractivity contribution in [2.75, 3.05) is 82.9 Å². The van der Waals surface area contributed by atoms with Crippen LogP contribution >= 0.6 is 0 Å². The maximum Gasteiger partial charge on any atom is 0.248 e. The molecule has 8 heteroatoms. The fraction of sp³-hybridized carbons (Fsp3) is 0.688. The summed E-state index contributed by atoms with van der Waals surface area (Å²) in [6.45, 7) is 7.23. The van der Waals surface area contributed by atoms with Crippen molar-refractivity contribution in [3.63, 3.8) is 0 Å². The van der Waals surface area contributed by atoms with Crippen molar-refractivity contribution >= 4 is 17.5 Å². The first-order valence-corrected chi connectivity index (χ1v) is 8.44. The molecule has 2 saturated heterocycles. The molecule has 1 amide bonds. The number of ether oxygens (including phenoxy) is 1. The number of amides is 1. The summed E-state index contributed by atoms with van der Waals surface area (Å²) in [4.78, 5) is 29.4. The predicted octanol–water partition coefficient (Wildman–Crippen LogP) is -0.477. The zero-order chi connectivity index (χ0) is 16.9. The van der Waals surface area contributed by atoms with Gasteiger partial charge in [-0.2, -0.15) is 0 Å². The molecule has 0 aliphatic carbocycles. The van der Waals surface area contributed by atoms with Crippen molar-refractivity contribution in [1.82, 2.24) is 19.8 Å². The molecule has 1 aromatic heterocycles. The topological polar surface area (TPSA) is 65.0 Å². The minimum Gasteiger partial charge on any atom is -0.375 e. The van der Waals surface area contributed by atoms with Crippen molar-refractivity contribution in [3.05, 3.63) is 12.4 Å². The molecule has 0 saturated carbocycles. The SMILES string of the molecule is COCC(=O)N1CCN(c2cc(N3CCN(C)CC3)ncn2)CC1. The van der Waals surface area contributed by atoms with E-state index in [-0.39, 0.29) is 12.5 Å². The van der Waals surface area contributed by atoms with Crippen molar-refractivity contribution < 1.29 is 9.53 Å². The highest BCUT2D eigenvalue weighted by Gasteiger charge is 2.23. The van der Waals surface area contributed by atoms with E-state index in [0.29, 0.717) is 13.1 Å². The fourth-order valence-corrected chi connectivity index (χ4v) is 3.12. The summed E-state index contributed by atoms with van der Waals surface area (Å²) in [5.41, 5.74) is 0. The minimum absolute atomic E-state index is 0.0537. The number of nitrogens with zero attached hydrogens (tertiary/aromatic N) is 6. The molecule has 0 aromatic carbocycles. The molecule has 8 nitrogen and oxygen atoms in total. The number of carbonyl (C=O) groups is 1. The summed E-state index contributed by atoms with van der Waals surface area (Å²) < 4.78 is 4.92. The van der Waals surface area contributed by atoms with Crippen LogP contribution in [0.1, 0.15) is 0 Å². The van der Waals surface area contributed by atoms with Gasteiger partial charge in [-0.25, -0.2) is 9.97 Å². The van der Waals surface area contributed by atoms with Crippen molar-refractivity contribution in [2.45, 2.75) is 0 Å². The second-order valence-corrected chi connectivity index (χ2v) is 6.33. The normalized spacial score (nSPS) is 19.7. The van der Waals surface area contributed by atoms with Gasteiger partial charge >= 0.3 is 0 Å². The summed E-state index contributed by atoms with van der Waals surface area (Å²) in [5, 5.41) is 0. The fourth-order valence-electron chi connectivity index (χ4n) is 3.12. The number of carbonyl (C=O) groups excluding carboxylic acids is 1. The number of hydrogen-bond acceptors (Lipinski definition) is 7. The number of hydrogen-bond donors (Lipinski definition) is 0. The zero-order valence-electron chi connectivity index (χ0n) is 14.5. The van der Waals surface area contributed by atoms with Gasteiger partial charge in [0.1, 0.15) is 24.6 Å². The van der Waals surface area contributed by atoms with Gasteiger partial charge in [-0.3, -0.25) is 4.79 Å². The second-order valence-electron chi connectivity index (χ2n) is 6.33. The molecule has 2 aliphatic heterocycles. The van der Waals surface area contributed by atoms with E-state index in [1.807, 2.05) is 4.90 Å². The van der Waals surface area contributed by atoms with Gasteiger partial charge in [0.2, 0.25) is 5.91 Å². The van der Waals surface area contributed by atoms with Crippen LogP contribution in [0.4, 0.5) is 11.6 Å². The van der Waals surface area contributed by atoms with Gasteiger partial charge in [-0.05, 0) is 7.05 Å². The highest BCUT2D eigenvalue weighted by Crippen LogP contribution is 2.20. The Hall–Kier alpha value is -1.93. The van der Waals surface area contributed by atoms with Crippen LogP contribution < -0.4 is 9.80 Å². The predicted molar refractivity (Wildman–Crippen MR) is 92.4 cm³/mol. The largest absolute Gasteiger partial charge is 0.375 e. The van der Waals surface area contributed by atoms with Crippen LogP contribution in [-0.4, -0.2) is 98.8 Å². The molecule has 0 unspecified atom stereocenters. The Kier molecular flexibility index (Phi) is 5.47. The molecule has 3 rings (SSSR count). The number of piperazine rings is 2. The maximum absolute atomic E-state index is 11.9. The summed E-state index contributed by atoms with van der Waals surface area (Å²) in [6.07, 6.45) is 1.64. The van der Waals surface area contributed by atoms with Gasteiger partial charge in [0.25, 0.3) is 0 Å². The third-order valence-corrected chi connectivity index (χ3v) is 4.69. The first-order chi connectivity index (χ1) is 11.7. The van der Waals surface area contributed by atoms with Crippen molar-refractivity contribution in [2.24, 2.45) is 0 Å². The van der Waals surface area contributed by atoms with E-state index in [9.17, 15) is 4.79 Å². The third-order valence-electron chi connectivity index (χ3n) is 4.69. The first-order valence-electron chi connectivity index (χ1n) is 8.44. The molecular weight excluding hydrogens is 308 g/mol. The van der Waals surface area contributed by atoms with E-state index in [1.165, 1.54) is 0 Å². The van der Waals surface area contributed by atoms with Gasteiger partial charge in [0.15, 0.2) is 0 Å². The summed E-state index contributed by atoms with van der Waals surface area (Å²) in [5.74, 6) is 1.99. The van der Waals surface area contributed by atoms with Gasteiger partial charge in [-0.15, -0.1) is 0 Å². The third kappa shape index (κ3) is 3.93. The highest BCUT2D eigenvalue weighted by atomic mass is 16.5. The number of aromatic nitrogens is 2. The molecule has 2 fully saturated rings. The molecule has 0 atom stereocenters. The monoisotopic (exact) mass is 334 g/mol. The molecule has 2 aliphatic rings. The van der Waals surface area contributed by atoms with Crippen LogP contribution in [0.15, 0.2) is 12.4 Å². The van der Waals surface area contributed by atoms with E-state index in [4.69, 9.17) is 4.74 Å². The van der Waals surface area contributed by atoms with E-state index < -0.39 is 0 Å². The second kappa shape index (κ2) is 7.76. The Morgan fingerprint density at radius 1 is 1.00 bits per heavy atom. The van der Waals surface area contributed by atoms with E-state index in [2.05, 4.69) is 37.8 Å². The molecule has 0 bridgehead atoms.